The van der Waals surface area contributed by atoms with Gasteiger partial charge >= 0.3 is 12.1 Å². The molecule has 104 valence electrons. The third-order valence-corrected chi connectivity index (χ3v) is 2.22. The Morgan fingerprint density at radius 3 is 2.63 bits per heavy atom. The smallest absolute Gasteiger partial charge is 0.416 e. The fraction of sp³-hybridized carbons (Fsp3) is 0.200. The number of halogens is 4. The van der Waals surface area contributed by atoms with Crippen LogP contribution in [0.1, 0.15) is 5.56 Å². The minimum Gasteiger partial charge on any atom is -0.424 e. The van der Waals surface area contributed by atoms with E-state index < -0.39 is 36.0 Å². The summed E-state index contributed by atoms with van der Waals surface area (Å²) >= 11 is 5.62. The van der Waals surface area contributed by atoms with Gasteiger partial charge in [-0.05, 0) is 18.2 Å². The number of nitrogens with one attached hydrogen (secondary N) is 2. The van der Waals surface area contributed by atoms with Crippen molar-refractivity contribution in [3.8, 4) is 5.75 Å². The molecule has 0 aliphatic rings. The summed E-state index contributed by atoms with van der Waals surface area (Å²) in [6, 6.07) is 2.37. The number of hydrogen-bond donors (Lipinski definition) is 3. The molecule has 0 unspecified atom stereocenters. The van der Waals surface area contributed by atoms with Crippen molar-refractivity contribution in [3.05, 3.63) is 28.8 Å². The average Bonchev–Trinajstić information content (AvgIpc) is 2.28. The van der Waals surface area contributed by atoms with Crippen LogP contribution in [0.15, 0.2) is 18.2 Å². The molecule has 0 aliphatic heterocycles. The van der Waals surface area contributed by atoms with E-state index >= 15 is 0 Å². The van der Waals surface area contributed by atoms with E-state index in [1.165, 1.54) is 0 Å². The second kappa shape index (κ2) is 5.79. The van der Waals surface area contributed by atoms with Gasteiger partial charge in [0.1, 0.15) is 12.3 Å². The molecule has 1 aromatic carbocycles. The molecular formula is C10H9ClF3N3O2. The van der Waals surface area contributed by atoms with Crippen molar-refractivity contribution < 1.29 is 22.7 Å². The van der Waals surface area contributed by atoms with Gasteiger partial charge in [0.2, 0.25) is 0 Å². The van der Waals surface area contributed by atoms with Gasteiger partial charge in [0.05, 0.1) is 10.6 Å². The Morgan fingerprint density at radius 1 is 1.47 bits per heavy atom. The van der Waals surface area contributed by atoms with Gasteiger partial charge in [-0.1, -0.05) is 11.6 Å². The molecule has 0 heterocycles. The molecule has 0 aliphatic carbocycles. The van der Waals surface area contributed by atoms with E-state index in [0.717, 1.165) is 12.1 Å². The number of nitrogens with two attached hydrogens (primary N) is 1. The first-order valence-corrected chi connectivity index (χ1v) is 5.23. The maximum Gasteiger partial charge on any atom is 0.416 e. The number of rotatable bonds is 3. The van der Waals surface area contributed by atoms with Gasteiger partial charge in [-0.15, -0.1) is 0 Å². The van der Waals surface area contributed by atoms with Gasteiger partial charge < -0.3 is 15.8 Å². The zero-order valence-electron chi connectivity index (χ0n) is 9.34. The van der Waals surface area contributed by atoms with E-state index in [4.69, 9.17) is 22.7 Å². The molecule has 4 N–H and O–H groups in total. The van der Waals surface area contributed by atoms with Gasteiger partial charge in [-0.2, -0.15) is 13.2 Å². The van der Waals surface area contributed by atoms with Crippen molar-refractivity contribution in [1.82, 2.24) is 5.32 Å². The Kier molecular flexibility index (Phi) is 4.60. The fourth-order valence-corrected chi connectivity index (χ4v) is 1.24. The third-order valence-electron chi connectivity index (χ3n) is 1.91. The first kappa shape index (κ1) is 15.1. The predicted molar refractivity (Wildman–Crippen MR) is 62.0 cm³/mol. The van der Waals surface area contributed by atoms with Crippen molar-refractivity contribution in [3.63, 3.8) is 0 Å². The van der Waals surface area contributed by atoms with Gasteiger partial charge in [-0.25, -0.2) is 4.79 Å². The number of carbonyl (C=O) groups excluding carboxylic acids is 1. The van der Waals surface area contributed by atoms with E-state index in [-0.39, 0.29) is 5.02 Å². The zero-order chi connectivity index (χ0) is 14.6. The minimum absolute atomic E-state index is 0.135. The quantitative estimate of drug-likeness (QED) is 0.343. The fourth-order valence-electron chi connectivity index (χ4n) is 1.08. The summed E-state index contributed by atoms with van der Waals surface area (Å²) in [5.74, 6) is -1.80. The maximum absolute atomic E-state index is 12.5. The molecule has 0 fully saturated rings. The molecule has 0 saturated heterocycles. The first-order chi connectivity index (χ1) is 8.70. The molecule has 0 aromatic heterocycles. The minimum atomic E-state index is -4.57. The molecule has 1 aromatic rings. The van der Waals surface area contributed by atoms with Crippen LogP contribution in [-0.2, 0) is 11.0 Å². The lowest BCUT2D eigenvalue weighted by molar-refractivity contribution is -0.138. The largest absolute Gasteiger partial charge is 0.424 e. The van der Waals surface area contributed by atoms with Gasteiger partial charge in [-0.3, -0.25) is 5.41 Å². The monoisotopic (exact) mass is 295 g/mol. The summed E-state index contributed by atoms with van der Waals surface area (Å²) in [6.45, 7) is -0.456. The summed E-state index contributed by atoms with van der Waals surface area (Å²) < 4.78 is 42.0. The Labute approximate surface area is 111 Å². The van der Waals surface area contributed by atoms with E-state index in [1.807, 2.05) is 0 Å². The van der Waals surface area contributed by atoms with Gasteiger partial charge in [0.25, 0.3) is 0 Å². The number of carbonyl (C=O) groups is 1. The van der Waals surface area contributed by atoms with Crippen LogP contribution in [0.2, 0.25) is 5.02 Å². The van der Waals surface area contributed by atoms with Crippen LogP contribution in [0.25, 0.3) is 0 Å². The SMILES string of the molecule is N=C(N)NCC(=O)Oc1cc(C(F)(F)F)ccc1Cl. The molecular weight excluding hydrogens is 287 g/mol. The van der Waals surface area contributed by atoms with Crippen LogP contribution < -0.4 is 15.8 Å². The number of ether oxygens (including phenoxy) is 1. The van der Waals surface area contributed by atoms with Crippen molar-refractivity contribution >= 4 is 23.5 Å². The standard InChI is InChI=1S/C10H9ClF3N3O2/c11-6-2-1-5(10(12,13)14)3-7(6)19-8(18)4-17-9(15)16/h1-3H,4H2,(H4,15,16,17). The molecule has 0 amide bonds. The Morgan fingerprint density at radius 2 is 2.11 bits per heavy atom. The topological polar surface area (TPSA) is 88.2 Å². The van der Waals surface area contributed by atoms with Crippen LogP contribution in [-0.4, -0.2) is 18.5 Å². The van der Waals surface area contributed by atoms with Crippen LogP contribution in [0.3, 0.4) is 0 Å². The number of guanidine groups is 1. The molecule has 9 heteroatoms. The molecule has 19 heavy (non-hydrogen) atoms. The Bertz CT molecular complexity index is 505. The zero-order valence-corrected chi connectivity index (χ0v) is 10.1. The van der Waals surface area contributed by atoms with Crippen LogP contribution in [0.4, 0.5) is 13.2 Å². The van der Waals surface area contributed by atoms with Gasteiger partial charge in [0, 0.05) is 0 Å². The second-order valence-electron chi connectivity index (χ2n) is 3.38. The number of esters is 1. The summed E-state index contributed by atoms with van der Waals surface area (Å²) in [5, 5.41) is 8.83. The highest BCUT2D eigenvalue weighted by atomic mass is 35.5. The lowest BCUT2D eigenvalue weighted by atomic mass is 10.2. The van der Waals surface area contributed by atoms with E-state index in [9.17, 15) is 18.0 Å². The predicted octanol–water partition coefficient (Wildman–Crippen LogP) is 1.75. The molecule has 0 bridgehead atoms. The molecule has 1 rings (SSSR count). The van der Waals surface area contributed by atoms with Crippen LogP contribution >= 0.6 is 11.6 Å². The molecule has 0 radical (unpaired) electrons. The molecule has 5 nitrogen and oxygen atoms in total. The van der Waals surface area contributed by atoms with Gasteiger partial charge in [0.15, 0.2) is 5.96 Å². The number of alkyl halides is 3. The van der Waals surface area contributed by atoms with Crippen molar-refractivity contribution in [2.45, 2.75) is 6.18 Å². The lowest BCUT2D eigenvalue weighted by Gasteiger charge is -2.11. The van der Waals surface area contributed by atoms with E-state index in [2.05, 4.69) is 10.1 Å². The third kappa shape index (κ3) is 4.66. The first-order valence-electron chi connectivity index (χ1n) is 4.85. The van der Waals surface area contributed by atoms with E-state index in [1.54, 1.807) is 0 Å². The summed E-state index contributed by atoms with van der Waals surface area (Å²) in [6.07, 6.45) is -4.57. The van der Waals surface area contributed by atoms with Crippen molar-refractivity contribution in [2.24, 2.45) is 5.73 Å². The Hall–Kier alpha value is -1.96. The molecule has 0 saturated carbocycles. The molecule has 0 atom stereocenters. The second-order valence-corrected chi connectivity index (χ2v) is 3.79. The molecule has 0 spiro atoms. The highest BCUT2D eigenvalue weighted by molar-refractivity contribution is 6.32. The normalized spacial score (nSPS) is 10.9. The average molecular weight is 296 g/mol. The van der Waals surface area contributed by atoms with Crippen molar-refractivity contribution in [2.75, 3.05) is 6.54 Å². The van der Waals surface area contributed by atoms with Crippen molar-refractivity contribution in [1.29, 1.82) is 5.41 Å². The highest BCUT2D eigenvalue weighted by Gasteiger charge is 2.31. The highest BCUT2D eigenvalue weighted by Crippen LogP contribution is 2.34. The van der Waals surface area contributed by atoms with E-state index in [0.29, 0.717) is 6.07 Å². The number of benzene rings is 1. The summed E-state index contributed by atoms with van der Waals surface area (Å²) in [7, 11) is 0. The van der Waals surface area contributed by atoms with Crippen LogP contribution in [0, 0.1) is 5.41 Å². The number of hydrogen-bond acceptors (Lipinski definition) is 3. The van der Waals surface area contributed by atoms with Crippen LogP contribution in [0.5, 0.6) is 5.75 Å². The maximum atomic E-state index is 12.5. The lowest BCUT2D eigenvalue weighted by Crippen LogP contribution is -2.36. The Balaban J connectivity index is 2.83. The summed E-state index contributed by atoms with van der Waals surface area (Å²) in [5.41, 5.74) is 3.95. The summed E-state index contributed by atoms with van der Waals surface area (Å²) in [4.78, 5) is 11.3.